The first-order valence-electron chi connectivity index (χ1n) is 5.21. The Hall–Kier alpha value is -1.24. The largest absolute Gasteiger partial charge is 0.484 e. The van der Waals surface area contributed by atoms with Crippen LogP contribution in [-0.2, 0) is 22.7 Å². The van der Waals surface area contributed by atoms with Crippen molar-refractivity contribution in [1.82, 2.24) is 9.55 Å². The van der Waals surface area contributed by atoms with E-state index in [0.717, 1.165) is 0 Å². The van der Waals surface area contributed by atoms with Crippen molar-refractivity contribution in [2.24, 2.45) is 7.05 Å². The molecule has 0 fully saturated rings. The molecule has 0 N–H and O–H groups in total. The van der Waals surface area contributed by atoms with Gasteiger partial charge >= 0.3 is 0 Å². The molecular weight excluding hydrogens is 311 g/mol. The predicted molar refractivity (Wildman–Crippen MR) is 72.0 cm³/mol. The van der Waals surface area contributed by atoms with Gasteiger partial charge in [0.25, 0.3) is 9.05 Å². The van der Waals surface area contributed by atoms with E-state index in [0.29, 0.717) is 5.82 Å². The van der Waals surface area contributed by atoms with Crippen molar-refractivity contribution in [2.45, 2.75) is 11.5 Å². The van der Waals surface area contributed by atoms with Gasteiger partial charge in [-0.1, -0.05) is 11.6 Å². The van der Waals surface area contributed by atoms with E-state index < -0.39 is 9.05 Å². The maximum absolute atomic E-state index is 11.4. The molecule has 0 radical (unpaired) electrons. The monoisotopic (exact) mass is 320 g/mol. The number of hydrogen-bond donors (Lipinski definition) is 0. The average Bonchev–Trinajstić information content (AvgIpc) is 2.72. The van der Waals surface area contributed by atoms with Crippen LogP contribution >= 0.6 is 22.3 Å². The SMILES string of the molecule is Cn1ccnc1COc1ccc(Cl)cc1S(=O)(=O)Cl. The first-order valence-corrected chi connectivity index (χ1v) is 7.90. The lowest BCUT2D eigenvalue weighted by molar-refractivity contribution is 0.284. The number of rotatable bonds is 4. The number of aromatic nitrogens is 2. The highest BCUT2D eigenvalue weighted by Crippen LogP contribution is 2.30. The molecule has 0 aliphatic carbocycles. The molecule has 19 heavy (non-hydrogen) atoms. The van der Waals surface area contributed by atoms with Gasteiger partial charge < -0.3 is 9.30 Å². The molecule has 0 amide bonds. The number of halogens is 2. The van der Waals surface area contributed by atoms with Gasteiger partial charge in [-0.3, -0.25) is 0 Å². The van der Waals surface area contributed by atoms with Gasteiger partial charge in [-0.25, -0.2) is 13.4 Å². The molecular formula is C11H10Cl2N2O3S. The molecule has 0 aliphatic heterocycles. The normalized spacial score (nSPS) is 11.5. The maximum atomic E-state index is 11.4. The molecule has 1 aromatic heterocycles. The summed E-state index contributed by atoms with van der Waals surface area (Å²) in [5.41, 5.74) is 0. The third-order valence-electron chi connectivity index (χ3n) is 2.45. The zero-order valence-corrected chi connectivity index (χ0v) is 12.2. The Balaban J connectivity index is 2.28. The second-order valence-corrected chi connectivity index (χ2v) is 6.74. The fraction of sp³-hybridized carbons (Fsp3) is 0.182. The second-order valence-electron chi connectivity index (χ2n) is 3.77. The van der Waals surface area contributed by atoms with Crippen molar-refractivity contribution in [2.75, 3.05) is 0 Å². The molecule has 2 rings (SSSR count). The average molecular weight is 321 g/mol. The topological polar surface area (TPSA) is 61.2 Å². The quantitative estimate of drug-likeness (QED) is 0.812. The molecule has 0 bridgehead atoms. The van der Waals surface area contributed by atoms with Gasteiger partial charge in [0.1, 0.15) is 23.1 Å². The van der Waals surface area contributed by atoms with Crippen molar-refractivity contribution >= 4 is 31.3 Å². The van der Waals surface area contributed by atoms with Crippen LogP contribution in [0.25, 0.3) is 0 Å². The minimum atomic E-state index is -3.92. The fourth-order valence-electron chi connectivity index (χ4n) is 1.47. The van der Waals surface area contributed by atoms with E-state index in [1.165, 1.54) is 18.2 Å². The fourth-order valence-corrected chi connectivity index (χ4v) is 2.70. The van der Waals surface area contributed by atoms with E-state index in [4.69, 9.17) is 27.0 Å². The minimum absolute atomic E-state index is 0.130. The van der Waals surface area contributed by atoms with Crippen LogP contribution in [-0.4, -0.2) is 18.0 Å². The van der Waals surface area contributed by atoms with Crippen LogP contribution < -0.4 is 4.74 Å². The summed E-state index contributed by atoms with van der Waals surface area (Å²) in [5.74, 6) is 0.801. The van der Waals surface area contributed by atoms with Crippen LogP contribution in [0.1, 0.15) is 5.82 Å². The molecule has 2 aromatic rings. The highest BCUT2D eigenvalue weighted by molar-refractivity contribution is 8.13. The molecule has 0 aliphatic rings. The molecule has 0 saturated carbocycles. The van der Waals surface area contributed by atoms with E-state index in [1.807, 2.05) is 7.05 Å². The minimum Gasteiger partial charge on any atom is -0.484 e. The number of ether oxygens (including phenoxy) is 1. The highest BCUT2D eigenvalue weighted by atomic mass is 35.7. The van der Waals surface area contributed by atoms with Gasteiger partial charge in [0, 0.05) is 35.1 Å². The van der Waals surface area contributed by atoms with Crippen LogP contribution in [0.3, 0.4) is 0 Å². The standard InChI is InChI=1S/C11H10Cl2N2O3S/c1-15-5-4-14-11(15)7-18-9-3-2-8(12)6-10(9)19(13,16)17/h2-6H,7H2,1H3. The second kappa shape index (κ2) is 5.40. The smallest absolute Gasteiger partial charge is 0.265 e. The van der Waals surface area contributed by atoms with E-state index in [2.05, 4.69) is 4.98 Å². The molecule has 8 heteroatoms. The number of imidazole rings is 1. The Morgan fingerprint density at radius 3 is 2.74 bits per heavy atom. The maximum Gasteiger partial charge on any atom is 0.265 e. The lowest BCUT2D eigenvalue weighted by Crippen LogP contribution is -2.05. The van der Waals surface area contributed by atoms with Crippen LogP contribution in [0.2, 0.25) is 5.02 Å². The summed E-state index contributed by atoms with van der Waals surface area (Å²) < 4.78 is 30.1. The zero-order chi connectivity index (χ0) is 14.0. The Morgan fingerprint density at radius 2 is 2.16 bits per heavy atom. The lowest BCUT2D eigenvalue weighted by atomic mass is 10.3. The van der Waals surface area contributed by atoms with Gasteiger partial charge in [-0.05, 0) is 18.2 Å². The highest BCUT2D eigenvalue weighted by Gasteiger charge is 2.18. The molecule has 0 atom stereocenters. The third kappa shape index (κ3) is 3.40. The van der Waals surface area contributed by atoms with E-state index in [1.54, 1.807) is 17.0 Å². The summed E-state index contributed by atoms with van der Waals surface area (Å²) in [6, 6.07) is 4.24. The first kappa shape index (κ1) is 14.2. The number of aryl methyl sites for hydroxylation is 1. The summed E-state index contributed by atoms with van der Waals surface area (Å²) in [4.78, 5) is 3.91. The summed E-state index contributed by atoms with van der Waals surface area (Å²) in [6.45, 7) is 0.130. The van der Waals surface area contributed by atoms with Gasteiger partial charge in [0.2, 0.25) is 0 Å². The Kier molecular flexibility index (Phi) is 4.03. The van der Waals surface area contributed by atoms with Crippen molar-refractivity contribution in [3.63, 3.8) is 0 Å². The van der Waals surface area contributed by atoms with Gasteiger partial charge in [-0.15, -0.1) is 0 Å². The van der Waals surface area contributed by atoms with Crippen molar-refractivity contribution in [3.8, 4) is 5.75 Å². The van der Waals surface area contributed by atoms with Gasteiger partial charge in [-0.2, -0.15) is 0 Å². The van der Waals surface area contributed by atoms with Gasteiger partial charge in [0.05, 0.1) is 0 Å². The summed E-state index contributed by atoms with van der Waals surface area (Å²) >= 11 is 5.75. The van der Waals surface area contributed by atoms with Crippen LogP contribution in [0.5, 0.6) is 5.75 Å². The Labute approximate surface area is 120 Å². The lowest BCUT2D eigenvalue weighted by Gasteiger charge is -2.09. The van der Waals surface area contributed by atoms with Crippen LogP contribution in [0.15, 0.2) is 35.5 Å². The number of hydrogen-bond acceptors (Lipinski definition) is 4. The van der Waals surface area contributed by atoms with Crippen molar-refractivity contribution in [1.29, 1.82) is 0 Å². The number of nitrogens with zero attached hydrogens (tertiary/aromatic N) is 2. The zero-order valence-electron chi connectivity index (χ0n) is 9.88. The Morgan fingerprint density at radius 1 is 1.42 bits per heavy atom. The number of benzene rings is 1. The van der Waals surface area contributed by atoms with Crippen LogP contribution in [0, 0.1) is 0 Å². The molecule has 102 valence electrons. The summed E-state index contributed by atoms with van der Waals surface area (Å²) in [5, 5.41) is 0.267. The van der Waals surface area contributed by atoms with E-state index in [9.17, 15) is 8.42 Å². The van der Waals surface area contributed by atoms with Crippen LogP contribution in [0.4, 0.5) is 0 Å². The predicted octanol–water partition coefficient (Wildman–Crippen LogP) is 2.58. The van der Waals surface area contributed by atoms with Gasteiger partial charge in [0.15, 0.2) is 0 Å². The summed E-state index contributed by atoms with van der Waals surface area (Å²) in [6.07, 6.45) is 3.39. The molecule has 5 nitrogen and oxygen atoms in total. The van der Waals surface area contributed by atoms with Crippen molar-refractivity contribution in [3.05, 3.63) is 41.4 Å². The molecule has 1 aromatic carbocycles. The van der Waals surface area contributed by atoms with E-state index >= 15 is 0 Å². The van der Waals surface area contributed by atoms with Crippen molar-refractivity contribution < 1.29 is 13.2 Å². The summed E-state index contributed by atoms with van der Waals surface area (Å²) in [7, 11) is 3.23. The molecule has 1 heterocycles. The Bertz CT molecular complexity index is 698. The molecule has 0 saturated heterocycles. The molecule has 0 unspecified atom stereocenters. The molecule has 0 spiro atoms. The first-order chi connectivity index (χ1) is 8.88. The van der Waals surface area contributed by atoms with E-state index in [-0.39, 0.29) is 22.3 Å². The third-order valence-corrected chi connectivity index (χ3v) is 4.02.